The first-order valence-electron chi connectivity index (χ1n) is 5.06. The van der Waals surface area contributed by atoms with Gasteiger partial charge in [-0.3, -0.25) is 0 Å². The number of nitrogen functional groups attached to an aromatic ring is 2. The summed E-state index contributed by atoms with van der Waals surface area (Å²) in [6, 6.07) is 7.41. The van der Waals surface area contributed by atoms with Crippen LogP contribution in [0, 0.1) is 0 Å². The summed E-state index contributed by atoms with van der Waals surface area (Å²) in [5.74, 6) is 1.09. The fraction of sp³-hybridized carbons (Fsp3) is 0. The Hall–Kier alpha value is -2.63. The number of nitrogens with one attached hydrogen (secondary N) is 1. The normalized spacial score (nSPS) is 10.8. The van der Waals surface area contributed by atoms with Crippen LogP contribution < -0.4 is 11.5 Å². The van der Waals surface area contributed by atoms with Crippen LogP contribution >= 0.6 is 0 Å². The molecule has 17 heavy (non-hydrogen) atoms. The summed E-state index contributed by atoms with van der Waals surface area (Å²) in [5, 5.41) is 0. The number of H-pyrrole nitrogens is 1. The lowest BCUT2D eigenvalue weighted by molar-refractivity contribution is 1.21. The standard InChI is InChI=1S/C11H10N6/c12-7-3-1-6(2-4-7)10-16-8-9(13)14-5-15-11(8)17-10/h1-5H,12H2,(H3,13,14,15,16,17). The van der Waals surface area contributed by atoms with E-state index in [-0.39, 0.29) is 0 Å². The zero-order chi connectivity index (χ0) is 11.8. The van der Waals surface area contributed by atoms with E-state index >= 15 is 0 Å². The Kier molecular flexibility index (Phi) is 1.94. The van der Waals surface area contributed by atoms with Crippen LogP contribution in [0.2, 0.25) is 0 Å². The summed E-state index contributed by atoms with van der Waals surface area (Å²) in [4.78, 5) is 15.4. The zero-order valence-corrected chi connectivity index (χ0v) is 8.88. The first-order chi connectivity index (χ1) is 8.24. The van der Waals surface area contributed by atoms with E-state index in [4.69, 9.17) is 11.5 Å². The monoisotopic (exact) mass is 226 g/mol. The Morgan fingerprint density at radius 1 is 1.00 bits per heavy atom. The molecule has 0 spiro atoms. The second-order valence-electron chi connectivity index (χ2n) is 3.66. The molecule has 6 nitrogen and oxygen atoms in total. The average molecular weight is 226 g/mol. The minimum Gasteiger partial charge on any atom is -0.399 e. The molecule has 2 aromatic heterocycles. The van der Waals surface area contributed by atoms with Crippen LogP contribution in [-0.2, 0) is 0 Å². The molecule has 0 radical (unpaired) electrons. The van der Waals surface area contributed by atoms with Gasteiger partial charge in [-0.15, -0.1) is 0 Å². The molecule has 3 aromatic rings. The van der Waals surface area contributed by atoms with E-state index in [1.165, 1.54) is 6.33 Å². The zero-order valence-electron chi connectivity index (χ0n) is 8.88. The highest BCUT2D eigenvalue weighted by Crippen LogP contribution is 2.21. The third-order valence-corrected chi connectivity index (χ3v) is 2.50. The molecule has 5 N–H and O–H groups in total. The molecule has 6 heteroatoms. The number of fused-ring (bicyclic) bond motifs is 1. The molecule has 3 rings (SSSR count). The van der Waals surface area contributed by atoms with Gasteiger partial charge in [-0.2, -0.15) is 0 Å². The second-order valence-corrected chi connectivity index (χ2v) is 3.66. The number of nitrogens with two attached hydrogens (primary N) is 2. The summed E-state index contributed by atoms with van der Waals surface area (Å²) in [6.45, 7) is 0. The quantitative estimate of drug-likeness (QED) is 0.540. The highest BCUT2D eigenvalue weighted by atomic mass is 15.0. The molecule has 2 heterocycles. The summed E-state index contributed by atoms with van der Waals surface area (Å²) in [7, 11) is 0. The number of benzene rings is 1. The van der Waals surface area contributed by atoms with Crippen molar-refractivity contribution in [1.29, 1.82) is 0 Å². The van der Waals surface area contributed by atoms with Gasteiger partial charge in [0, 0.05) is 11.3 Å². The molecule has 0 aliphatic heterocycles. The molecule has 0 aliphatic rings. The van der Waals surface area contributed by atoms with Crippen LogP contribution in [0.1, 0.15) is 0 Å². The van der Waals surface area contributed by atoms with Crippen molar-refractivity contribution >= 4 is 22.7 Å². The SMILES string of the molecule is Nc1ccc(-c2nc3ncnc(N)c3[nH]2)cc1. The topological polar surface area (TPSA) is 106 Å². The number of nitrogens with zero attached hydrogens (tertiary/aromatic N) is 3. The number of aromatic nitrogens is 4. The van der Waals surface area contributed by atoms with E-state index < -0.39 is 0 Å². The van der Waals surface area contributed by atoms with Gasteiger partial charge in [-0.05, 0) is 24.3 Å². The Bertz CT molecular complexity index is 670. The van der Waals surface area contributed by atoms with Crippen LogP contribution in [0.3, 0.4) is 0 Å². The number of rotatable bonds is 1. The number of anilines is 2. The molecule has 0 fully saturated rings. The molecular formula is C11H10N6. The maximum Gasteiger partial charge on any atom is 0.183 e. The van der Waals surface area contributed by atoms with E-state index in [0.717, 1.165) is 5.56 Å². The minimum atomic E-state index is 0.393. The fourth-order valence-electron chi connectivity index (χ4n) is 1.62. The number of hydrogen-bond donors (Lipinski definition) is 3. The van der Waals surface area contributed by atoms with Gasteiger partial charge in [0.05, 0.1) is 0 Å². The van der Waals surface area contributed by atoms with E-state index in [1.807, 2.05) is 24.3 Å². The van der Waals surface area contributed by atoms with Gasteiger partial charge in [0.25, 0.3) is 0 Å². The molecule has 0 atom stereocenters. The predicted octanol–water partition coefficient (Wildman–Crippen LogP) is 1.18. The third kappa shape index (κ3) is 1.55. The number of imidazole rings is 1. The second kappa shape index (κ2) is 3.44. The van der Waals surface area contributed by atoms with Crippen LogP contribution in [0.5, 0.6) is 0 Å². The van der Waals surface area contributed by atoms with E-state index in [1.54, 1.807) is 0 Å². The van der Waals surface area contributed by atoms with Crippen LogP contribution in [-0.4, -0.2) is 19.9 Å². The smallest absolute Gasteiger partial charge is 0.183 e. The summed E-state index contributed by atoms with van der Waals surface area (Å²) in [6.07, 6.45) is 1.39. The summed E-state index contributed by atoms with van der Waals surface area (Å²) in [5.41, 5.74) is 14.2. The predicted molar refractivity (Wildman–Crippen MR) is 65.9 cm³/mol. The van der Waals surface area contributed by atoms with Crippen molar-refractivity contribution in [2.75, 3.05) is 11.5 Å². The van der Waals surface area contributed by atoms with Crippen molar-refractivity contribution in [1.82, 2.24) is 19.9 Å². The maximum atomic E-state index is 5.73. The molecular weight excluding hydrogens is 216 g/mol. The van der Waals surface area contributed by atoms with Crippen LogP contribution in [0.25, 0.3) is 22.6 Å². The maximum absolute atomic E-state index is 5.73. The van der Waals surface area contributed by atoms with Gasteiger partial charge in [-0.25, -0.2) is 15.0 Å². The van der Waals surface area contributed by atoms with Gasteiger partial charge in [0.1, 0.15) is 17.7 Å². The van der Waals surface area contributed by atoms with Crippen molar-refractivity contribution in [3.8, 4) is 11.4 Å². The molecule has 0 aliphatic carbocycles. The Morgan fingerprint density at radius 2 is 1.76 bits per heavy atom. The van der Waals surface area contributed by atoms with Crippen molar-refractivity contribution < 1.29 is 0 Å². The fourth-order valence-corrected chi connectivity index (χ4v) is 1.62. The van der Waals surface area contributed by atoms with Crippen molar-refractivity contribution in [2.24, 2.45) is 0 Å². The first kappa shape index (κ1) is 9.59. The number of hydrogen-bond acceptors (Lipinski definition) is 5. The molecule has 0 bridgehead atoms. The van der Waals surface area contributed by atoms with Gasteiger partial charge in [-0.1, -0.05) is 0 Å². The molecule has 1 aromatic carbocycles. The largest absolute Gasteiger partial charge is 0.399 e. The van der Waals surface area contributed by atoms with Crippen molar-refractivity contribution in [3.05, 3.63) is 30.6 Å². The van der Waals surface area contributed by atoms with Gasteiger partial charge in [0.2, 0.25) is 0 Å². The van der Waals surface area contributed by atoms with E-state index in [9.17, 15) is 0 Å². The summed E-state index contributed by atoms with van der Waals surface area (Å²) < 4.78 is 0. The molecule has 0 saturated heterocycles. The molecule has 0 saturated carbocycles. The minimum absolute atomic E-state index is 0.393. The van der Waals surface area contributed by atoms with Crippen LogP contribution in [0.15, 0.2) is 30.6 Å². The molecule has 0 amide bonds. The van der Waals surface area contributed by atoms with E-state index in [2.05, 4.69) is 19.9 Å². The summed E-state index contributed by atoms with van der Waals surface area (Å²) >= 11 is 0. The molecule has 84 valence electrons. The molecule has 0 unspecified atom stereocenters. The first-order valence-corrected chi connectivity index (χ1v) is 5.06. The third-order valence-electron chi connectivity index (χ3n) is 2.50. The number of aromatic amines is 1. The van der Waals surface area contributed by atoms with Gasteiger partial charge >= 0.3 is 0 Å². The van der Waals surface area contributed by atoms with Crippen molar-refractivity contribution in [2.45, 2.75) is 0 Å². The van der Waals surface area contributed by atoms with Crippen molar-refractivity contribution in [3.63, 3.8) is 0 Å². The van der Waals surface area contributed by atoms with E-state index in [0.29, 0.717) is 28.5 Å². The highest BCUT2D eigenvalue weighted by Gasteiger charge is 2.08. The lowest BCUT2D eigenvalue weighted by Crippen LogP contribution is -1.91. The average Bonchev–Trinajstić information content (AvgIpc) is 2.75. The Balaban J connectivity index is 2.18. The lowest BCUT2D eigenvalue weighted by atomic mass is 10.2. The van der Waals surface area contributed by atoms with Crippen LogP contribution in [0.4, 0.5) is 11.5 Å². The highest BCUT2D eigenvalue weighted by molar-refractivity contribution is 5.84. The lowest BCUT2D eigenvalue weighted by Gasteiger charge is -1.96. The van der Waals surface area contributed by atoms with Gasteiger partial charge in [0.15, 0.2) is 11.5 Å². The Labute approximate surface area is 96.7 Å². The van der Waals surface area contributed by atoms with Gasteiger partial charge < -0.3 is 16.5 Å². The Morgan fingerprint density at radius 3 is 2.47 bits per heavy atom.